The van der Waals surface area contributed by atoms with Crippen LogP contribution in [0.25, 0.3) is 5.69 Å². The van der Waals surface area contributed by atoms with Crippen LogP contribution in [0.15, 0.2) is 48.5 Å². The van der Waals surface area contributed by atoms with Crippen molar-refractivity contribution in [1.82, 2.24) is 15.1 Å². The number of rotatable bonds is 6. The average molecular weight is 513 g/mol. The van der Waals surface area contributed by atoms with Crippen LogP contribution in [0.4, 0.5) is 18.9 Å². The first kappa shape index (κ1) is 25.3. The van der Waals surface area contributed by atoms with E-state index in [9.17, 15) is 18.0 Å². The van der Waals surface area contributed by atoms with Crippen LogP contribution in [0.5, 0.6) is 5.75 Å². The van der Waals surface area contributed by atoms with Gasteiger partial charge in [0.05, 0.1) is 12.8 Å². The van der Waals surface area contributed by atoms with E-state index in [1.54, 1.807) is 29.2 Å². The number of hydrogen-bond donors (Lipinski definition) is 1. The summed E-state index contributed by atoms with van der Waals surface area (Å²) in [5, 5.41) is 7.21. The first-order valence-corrected chi connectivity index (χ1v) is 12.7. The van der Waals surface area contributed by atoms with Gasteiger partial charge in [0.25, 0.3) is 5.91 Å². The van der Waals surface area contributed by atoms with Gasteiger partial charge in [0.1, 0.15) is 11.4 Å². The lowest BCUT2D eigenvalue weighted by molar-refractivity contribution is -0.141. The minimum absolute atomic E-state index is 0.0493. The number of benzene rings is 2. The van der Waals surface area contributed by atoms with Gasteiger partial charge in [0.2, 0.25) is 0 Å². The minimum Gasteiger partial charge on any atom is -0.497 e. The van der Waals surface area contributed by atoms with Gasteiger partial charge in [-0.25, -0.2) is 4.68 Å². The molecular weight excluding hydrogens is 481 g/mol. The summed E-state index contributed by atoms with van der Waals surface area (Å²) in [5.74, 6) is 0.0679. The number of methoxy groups -OCH3 is 1. The number of ether oxygens (including phenoxy) is 1. The van der Waals surface area contributed by atoms with Gasteiger partial charge >= 0.3 is 6.18 Å². The molecule has 196 valence electrons. The molecule has 6 nitrogen and oxygen atoms in total. The standard InChI is InChI=1S/C28H31F3N4O2/c1-32-18-27(15-4-3-5-16-27)19-6-8-20(9-7-19)34-17-14-23-24(26(34)36)35(33-25(23)28(29,30)31)21-10-12-22(37-2)13-11-21/h6-13,32H,3-5,14-18H2,1-2H3. The molecule has 9 heteroatoms. The van der Waals surface area contributed by atoms with E-state index >= 15 is 0 Å². The Morgan fingerprint density at radius 2 is 1.65 bits per heavy atom. The molecule has 0 radical (unpaired) electrons. The van der Waals surface area contributed by atoms with Crippen molar-refractivity contribution in [2.24, 2.45) is 0 Å². The Labute approximate surface area is 214 Å². The number of aromatic nitrogens is 2. The van der Waals surface area contributed by atoms with Crippen molar-refractivity contribution in [3.05, 3.63) is 71.0 Å². The van der Waals surface area contributed by atoms with Crippen LogP contribution in [0, 0.1) is 0 Å². The highest BCUT2D eigenvalue weighted by Crippen LogP contribution is 2.41. The molecule has 1 fully saturated rings. The zero-order valence-corrected chi connectivity index (χ0v) is 21.1. The highest BCUT2D eigenvalue weighted by Gasteiger charge is 2.43. The smallest absolute Gasteiger partial charge is 0.435 e. The number of amides is 1. The maximum absolute atomic E-state index is 13.9. The van der Waals surface area contributed by atoms with Crippen molar-refractivity contribution >= 4 is 11.6 Å². The monoisotopic (exact) mass is 512 g/mol. The quantitative estimate of drug-likeness (QED) is 0.472. The molecule has 0 saturated heterocycles. The molecule has 3 aromatic rings. The molecule has 2 aromatic carbocycles. The van der Waals surface area contributed by atoms with Crippen LogP contribution in [0.1, 0.15) is 59.4 Å². The number of nitrogens with one attached hydrogen (secondary N) is 1. The summed E-state index contributed by atoms with van der Waals surface area (Å²) in [6.07, 6.45) is 1.25. The number of hydrogen-bond acceptors (Lipinski definition) is 4. The van der Waals surface area contributed by atoms with Crippen LogP contribution < -0.4 is 15.0 Å². The number of fused-ring (bicyclic) bond motifs is 1. The lowest BCUT2D eigenvalue weighted by Gasteiger charge is -2.38. The van der Waals surface area contributed by atoms with Crippen molar-refractivity contribution < 1.29 is 22.7 Å². The molecule has 0 atom stereocenters. The number of carbonyl (C=O) groups is 1. The fourth-order valence-corrected chi connectivity index (χ4v) is 5.87. The van der Waals surface area contributed by atoms with E-state index in [1.807, 2.05) is 19.2 Å². The maximum Gasteiger partial charge on any atom is 0.435 e. The van der Waals surface area contributed by atoms with Crippen LogP contribution in [0.3, 0.4) is 0 Å². The molecule has 5 rings (SSSR count). The Morgan fingerprint density at radius 3 is 2.24 bits per heavy atom. The number of carbonyl (C=O) groups excluding carboxylic acids is 1. The molecule has 1 saturated carbocycles. The van der Waals surface area contributed by atoms with E-state index in [2.05, 4.69) is 22.5 Å². The molecule has 1 amide bonds. The topological polar surface area (TPSA) is 59.4 Å². The average Bonchev–Trinajstić information content (AvgIpc) is 3.31. The van der Waals surface area contributed by atoms with E-state index in [0.29, 0.717) is 17.1 Å². The molecule has 1 aromatic heterocycles. The molecule has 0 bridgehead atoms. The van der Waals surface area contributed by atoms with Crippen molar-refractivity contribution in [3.8, 4) is 11.4 Å². The summed E-state index contributed by atoms with van der Waals surface area (Å²) in [6, 6.07) is 14.4. The van der Waals surface area contributed by atoms with Crippen molar-refractivity contribution in [1.29, 1.82) is 0 Å². The second kappa shape index (κ2) is 9.85. The van der Waals surface area contributed by atoms with Crippen LogP contribution in [0.2, 0.25) is 0 Å². The molecule has 1 N–H and O–H groups in total. The van der Waals surface area contributed by atoms with E-state index in [4.69, 9.17) is 4.74 Å². The number of alkyl halides is 3. The van der Waals surface area contributed by atoms with Gasteiger partial charge in [-0.05, 0) is 68.3 Å². The lowest BCUT2D eigenvalue weighted by Crippen LogP contribution is -2.40. The third-order valence-corrected chi connectivity index (χ3v) is 7.72. The van der Waals surface area contributed by atoms with Crippen molar-refractivity contribution in [2.75, 3.05) is 32.1 Å². The van der Waals surface area contributed by atoms with Gasteiger partial charge in [-0.15, -0.1) is 0 Å². The molecule has 37 heavy (non-hydrogen) atoms. The summed E-state index contributed by atoms with van der Waals surface area (Å²) in [4.78, 5) is 15.2. The largest absolute Gasteiger partial charge is 0.497 e. The SMILES string of the molecule is CNCC1(c2ccc(N3CCc4c(C(F)(F)F)nn(-c5ccc(OC)cc5)c4C3=O)cc2)CCCCC1. The summed E-state index contributed by atoms with van der Waals surface area (Å²) in [7, 11) is 3.48. The van der Waals surface area contributed by atoms with Gasteiger partial charge in [-0.3, -0.25) is 4.79 Å². The van der Waals surface area contributed by atoms with E-state index in [1.165, 1.54) is 31.9 Å². The van der Waals surface area contributed by atoms with Gasteiger partial charge < -0.3 is 15.0 Å². The van der Waals surface area contributed by atoms with Crippen molar-refractivity contribution in [3.63, 3.8) is 0 Å². The number of halogens is 3. The first-order valence-electron chi connectivity index (χ1n) is 12.7. The van der Waals surface area contributed by atoms with Crippen LogP contribution >= 0.6 is 0 Å². The van der Waals surface area contributed by atoms with Gasteiger partial charge in [0, 0.05) is 29.8 Å². The maximum atomic E-state index is 13.9. The Balaban J connectivity index is 1.50. The van der Waals surface area contributed by atoms with Gasteiger partial charge in [-0.1, -0.05) is 31.4 Å². The lowest BCUT2D eigenvalue weighted by atomic mass is 9.69. The predicted molar refractivity (Wildman–Crippen MR) is 136 cm³/mol. The van der Waals surface area contributed by atoms with Crippen LogP contribution in [-0.4, -0.2) is 42.9 Å². The summed E-state index contributed by atoms with van der Waals surface area (Å²) >= 11 is 0. The Bertz CT molecular complexity index is 1250. The Morgan fingerprint density at radius 1 is 1.00 bits per heavy atom. The number of likely N-dealkylation sites (N-methyl/N-ethyl adjacent to an activating group) is 1. The molecule has 2 aliphatic rings. The number of anilines is 1. The highest BCUT2D eigenvalue weighted by molar-refractivity contribution is 6.07. The van der Waals surface area contributed by atoms with Crippen LogP contribution in [-0.2, 0) is 18.0 Å². The molecule has 1 aliphatic carbocycles. The summed E-state index contributed by atoms with van der Waals surface area (Å²) in [5.41, 5.74) is 1.23. The second-order valence-electron chi connectivity index (χ2n) is 9.91. The fourth-order valence-electron chi connectivity index (χ4n) is 5.87. The third-order valence-electron chi connectivity index (χ3n) is 7.72. The molecule has 1 aliphatic heterocycles. The fraction of sp³-hybridized carbons (Fsp3) is 0.429. The molecule has 2 heterocycles. The highest BCUT2D eigenvalue weighted by atomic mass is 19.4. The third kappa shape index (κ3) is 4.61. The zero-order chi connectivity index (χ0) is 26.2. The van der Waals surface area contributed by atoms with E-state index < -0.39 is 17.8 Å². The second-order valence-corrected chi connectivity index (χ2v) is 9.91. The predicted octanol–water partition coefficient (Wildman–Crippen LogP) is 5.52. The number of nitrogens with zero attached hydrogens (tertiary/aromatic N) is 3. The minimum atomic E-state index is -4.66. The first-order chi connectivity index (χ1) is 17.8. The Kier molecular flexibility index (Phi) is 6.74. The molecule has 0 unspecified atom stereocenters. The molecular formula is C28H31F3N4O2. The van der Waals surface area contributed by atoms with Gasteiger partial charge in [-0.2, -0.15) is 18.3 Å². The summed E-state index contributed by atoms with van der Waals surface area (Å²) in [6.45, 7) is 1.05. The Hall–Kier alpha value is -3.33. The van der Waals surface area contributed by atoms with E-state index in [-0.39, 0.29) is 29.6 Å². The molecule has 0 spiro atoms. The van der Waals surface area contributed by atoms with Gasteiger partial charge in [0.15, 0.2) is 5.69 Å². The summed E-state index contributed by atoms with van der Waals surface area (Å²) < 4.78 is 47.9. The van der Waals surface area contributed by atoms with E-state index in [0.717, 1.165) is 24.1 Å². The van der Waals surface area contributed by atoms with Crippen molar-refractivity contribution in [2.45, 2.75) is 50.1 Å². The zero-order valence-electron chi connectivity index (χ0n) is 21.1. The normalized spacial score (nSPS) is 17.5.